The highest BCUT2D eigenvalue weighted by Crippen LogP contribution is 2.26. The molecule has 2 aromatic carbocycles. The van der Waals surface area contributed by atoms with Crippen LogP contribution in [0.3, 0.4) is 0 Å². The van der Waals surface area contributed by atoms with Crippen molar-refractivity contribution in [2.24, 2.45) is 0 Å². The second-order valence-corrected chi connectivity index (χ2v) is 4.42. The van der Waals surface area contributed by atoms with Crippen molar-refractivity contribution >= 4 is 17.7 Å². The number of ether oxygens (including phenoxy) is 1. The van der Waals surface area contributed by atoms with Gasteiger partial charge < -0.3 is 9.64 Å². The Balaban J connectivity index is 2.29. The van der Waals surface area contributed by atoms with E-state index in [1.807, 2.05) is 56.4 Å². The molecule has 98 valence electrons. The van der Waals surface area contributed by atoms with E-state index >= 15 is 0 Å². The molecule has 0 bridgehead atoms. The van der Waals surface area contributed by atoms with Crippen LogP contribution < -0.4 is 9.64 Å². The average molecular weight is 255 g/mol. The first-order valence-corrected chi connectivity index (χ1v) is 6.09. The number of carbonyl (C=O) groups excluding carboxylic acids is 1. The van der Waals surface area contributed by atoms with E-state index in [2.05, 4.69) is 4.90 Å². The van der Waals surface area contributed by atoms with E-state index in [1.165, 1.54) is 0 Å². The number of carbonyl (C=O) groups is 1. The fraction of sp³-hybridized carbons (Fsp3) is 0.188. The monoisotopic (exact) mass is 255 g/mol. The number of anilines is 2. The molecule has 0 aromatic heterocycles. The standard InChI is InChI=1S/C16H17NO2/c1-12-10-15(5-4-13(12)11-18)17(2)14-6-8-16(19-3)9-7-14/h4-11H,1-3H3. The maximum absolute atomic E-state index is 10.8. The lowest BCUT2D eigenvalue weighted by molar-refractivity contribution is 0.112. The fourth-order valence-electron chi connectivity index (χ4n) is 1.96. The number of hydrogen-bond donors (Lipinski definition) is 0. The smallest absolute Gasteiger partial charge is 0.150 e. The molecule has 0 unspecified atom stereocenters. The Morgan fingerprint density at radius 2 is 1.68 bits per heavy atom. The molecule has 3 heteroatoms. The zero-order valence-electron chi connectivity index (χ0n) is 11.4. The van der Waals surface area contributed by atoms with Gasteiger partial charge in [0.1, 0.15) is 12.0 Å². The molecule has 0 amide bonds. The van der Waals surface area contributed by atoms with E-state index < -0.39 is 0 Å². The summed E-state index contributed by atoms with van der Waals surface area (Å²) in [4.78, 5) is 12.9. The first-order chi connectivity index (χ1) is 9.15. The molecule has 0 saturated carbocycles. The van der Waals surface area contributed by atoms with E-state index in [9.17, 15) is 4.79 Å². The Morgan fingerprint density at radius 1 is 1.05 bits per heavy atom. The molecule has 0 fully saturated rings. The van der Waals surface area contributed by atoms with Gasteiger partial charge in [-0.2, -0.15) is 0 Å². The summed E-state index contributed by atoms with van der Waals surface area (Å²) in [6.45, 7) is 1.94. The van der Waals surface area contributed by atoms with Crippen LogP contribution in [0.2, 0.25) is 0 Å². The Labute approximate surface area is 113 Å². The molecule has 2 aromatic rings. The summed E-state index contributed by atoms with van der Waals surface area (Å²) in [5, 5.41) is 0. The molecule has 0 aliphatic rings. The molecule has 0 heterocycles. The number of nitrogens with zero attached hydrogens (tertiary/aromatic N) is 1. The van der Waals surface area contributed by atoms with Crippen LogP contribution in [0.1, 0.15) is 15.9 Å². The van der Waals surface area contributed by atoms with E-state index in [0.29, 0.717) is 0 Å². The van der Waals surface area contributed by atoms with Gasteiger partial charge in [-0.1, -0.05) is 0 Å². The molecule has 19 heavy (non-hydrogen) atoms. The second-order valence-electron chi connectivity index (χ2n) is 4.42. The van der Waals surface area contributed by atoms with Crippen molar-refractivity contribution in [2.45, 2.75) is 6.92 Å². The third-order valence-electron chi connectivity index (χ3n) is 3.23. The van der Waals surface area contributed by atoms with Crippen molar-refractivity contribution in [3.8, 4) is 5.75 Å². The zero-order chi connectivity index (χ0) is 13.8. The van der Waals surface area contributed by atoms with Gasteiger partial charge in [-0.15, -0.1) is 0 Å². The highest BCUT2D eigenvalue weighted by atomic mass is 16.5. The molecular formula is C16H17NO2. The van der Waals surface area contributed by atoms with Crippen molar-refractivity contribution < 1.29 is 9.53 Å². The highest BCUT2D eigenvalue weighted by molar-refractivity contribution is 5.79. The number of aryl methyl sites for hydroxylation is 1. The van der Waals surface area contributed by atoms with E-state index in [4.69, 9.17) is 4.74 Å². The van der Waals surface area contributed by atoms with E-state index in [1.54, 1.807) is 7.11 Å². The summed E-state index contributed by atoms with van der Waals surface area (Å²) in [6, 6.07) is 13.7. The molecule has 0 atom stereocenters. The lowest BCUT2D eigenvalue weighted by Crippen LogP contribution is -2.09. The van der Waals surface area contributed by atoms with E-state index in [-0.39, 0.29) is 0 Å². The van der Waals surface area contributed by atoms with Crippen LogP contribution in [-0.4, -0.2) is 20.4 Å². The number of aldehydes is 1. The van der Waals surface area contributed by atoms with Gasteiger partial charge in [-0.3, -0.25) is 4.79 Å². The van der Waals surface area contributed by atoms with Crippen LogP contribution in [0, 0.1) is 6.92 Å². The first-order valence-electron chi connectivity index (χ1n) is 6.09. The summed E-state index contributed by atoms with van der Waals surface area (Å²) < 4.78 is 5.15. The van der Waals surface area contributed by atoms with Gasteiger partial charge in [0.15, 0.2) is 0 Å². The molecule has 0 saturated heterocycles. The Morgan fingerprint density at radius 3 is 2.21 bits per heavy atom. The minimum absolute atomic E-state index is 0.729. The molecule has 0 spiro atoms. The first kappa shape index (κ1) is 13.1. The fourth-order valence-corrected chi connectivity index (χ4v) is 1.96. The number of rotatable bonds is 4. The van der Waals surface area contributed by atoms with Crippen LogP contribution in [0.4, 0.5) is 11.4 Å². The topological polar surface area (TPSA) is 29.5 Å². The Kier molecular flexibility index (Phi) is 3.85. The van der Waals surface area contributed by atoms with Crippen LogP contribution in [0.25, 0.3) is 0 Å². The van der Waals surface area contributed by atoms with E-state index in [0.717, 1.165) is 34.5 Å². The van der Waals surface area contributed by atoms with Gasteiger partial charge in [0.25, 0.3) is 0 Å². The van der Waals surface area contributed by atoms with Crippen LogP contribution in [-0.2, 0) is 0 Å². The van der Waals surface area contributed by atoms with Gasteiger partial charge in [-0.25, -0.2) is 0 Å². The van der Waals surface area contributed by atoms with Gasteiger partial charge in [0, 0.05) is 24.0 Å². The summed E-state index contributed by atoms with van der Waals surface area (Å²) in [7, 11) is 3.65. The largest absolute Gasteiger partial charge is 0.497 e. The van der Waals surface area contributed by atoms with Crippen LogP contribution in [0.5, 0.6) is 5.75 Å². The Bertz CT molecular complexity index is 576. The van der Waals surface area contributed by atoms with Crippen molar-refractivity contribution in [2.75, 3.05) is 19.1 Å². The third kappa shape index (κ3) is 2.76. The SMILES string of the molecule is COc1ccc(N(C)c2ccc(C=O)c(C)c2)cc1. The van der Waals surface area contributed by atoms with Crippen LogP contribution >= 0.6 is 0 Å². The summed E-state index contributed by atoms with van der Waals surface area (Å²) in [5.41, 5.74) is 3.83. The maximum Gasteiger partial charge on any atom is 0.150 e. The summed E-state index contributed by atoms with van der Waals surface area (Å²) >= 11 is 0. The molecule has 0 aliphatic heterocycles. The minimum atomic E-state index is 0.729. The Hall–Kier alpha value is -2.29. The molecule has 3 nitrogen and oxygen atoms in total. The number of benzene rings is 2. The summed E-state index contributed by atoms with van der Waals surface area (Å²) in [5.74, 6) is 0.838. The molecule has 0 N–H and O–H groups in total. The van der Waals surface area contributed by atoms with Crippen molar-refractivity contribution in [3.05, 3.63) is 53.6 Å². The lowest BCUT2D eigenvalue weighted by atomic mass is 10.1. The van der Waals surface area contributed by atoms with Gasteiger partial charge >= 0.3 is 0 Å². The van der Waals surface area contributed by atoms with Gasteiger partial charge in [-0.05, 0) is 55.0 Å². The predicted molar refractivity (Wildman–Crippen MR) is 77.6 cm³/mol. The quantitative estimate of drug-likeness (QED) is 0.782. The third-order valence-corrected chi connectivity index (χ3v) is 3.23. The van der Waals surface area contributed by atoms with Gasteiger partial charge in [0.05, 0.1) is 7.11 Å². The predicted octanol–water partition coefficient (Wildman–Crippen LogP) is 3.58. The van der Waals surface area contributed by atoms with Crippen molar-refractivity contribution in [3.63, 3.8) is 0 Å². The highest BCUT2D eigenvalue weighted by Gasteiger charge is 2.06. The van der Waals surface area contributed by atoms with Crippen molar-refractivity contribution in [1.29, 1.82) is 0 Å². The zero-order valence-corrected chi connectivity index (χ0v) is 11.4. The number of hydrogen-bond acceptors (Lipinski definition) is 3. The summed E-state index contributed by atoms with van der Waals surface area (Å²) in [6.07, 6.45) is 0.881. The number of methoxy groups -OCH3 is 1. The minimum Gasteiger partial charge on any atom is -0.497 e. The molecule has 0 radical (unpaired) electrons. The lowest BCUT2D eigenvalue weighted by Gasteiger charge is -2.20. The van der Waals surface area contributed by atoms with Crippen LogP contribution in [0.15, 0.2) is 42.5 Å². The normalized spacial score (nSPS) is 10.1. The van der Waals surface area contributed by atoms with Crippen molar-refractivity contribution in [1.82, 2.24) is 0 Å². The molecule has 2 rings (SSSR count). The molecule has 0 aliphatic carbocycles. The molecular weight excluding hydrogens is 238 g/mol. The second kappa shape index (κ2) is 5.57. The average Bonchev–Trinajstić information content (AvgIpc) is 2.46. The van der Waals surface area contributed by atoms with Gasteiger partial charge in [0.2, 0.25) is 0 Å². The maximum atomic E-state index is 10.8.